The topological polar surface area (TPSA) is 71.5 Å². The number of alkyl halides is 1. The van der Waals surface area contributed by atoms with Crippen molar-refractivity contribution in [3.8, 4) is 0 Å². The summed E-state index contributed by atoms with van der Waals surface area (Å²) in [6.07, 6.45) is 2.34. The number of sulfonamides is 1. The van der Waals surface area contributed by atoms with Gasteiger partial charge >= 0.3 is 0 Å². The van der Waals surface area contributed by atoms with E-state index >= 15 is 0 Å². The van der Waals surface area contributed by atoms with Crippen LogP contribution >= 0.6 is 15.9 Å². The van der Waals surface area contributed by atoms with E-state index in [0.29, 0.717) is 24.7 Å². The highest BCUT2D eigenvalue weighted by Gasteiger charge is 2.36. The second kappa shape index (κ2) is 5.94. The molecule has 118 valence electrons. The van der Waals surface area contributed by atoms with E-state index in [1.807, 2.05) is 0 Å². The zero-order valence-corrected chi connectivity index (χ0v) is 14.5. The maximum Gasteiger partial charge on any atom is 0.246 e. The van der Waals surface area contributed by atoms with Crippen LogP contribution in [0.2, 0.25) is 0 Å². The Hall–Kier alpha value is -0.510. The first kappa shape index (κ1) is 16.9. The summed E-state index contributed by atoms with van der Waals surface area (Å²) < 4.78 is 63.4. The highest BCUT2D eigenvalue weighted by atomic mass is 79.9. The van der Waals surface area contributed by atoms with E-state index in [1.54, 1.807) is 0 Å². The molecular weight excluding hydrogens is 385 g/mol. The summed E-state index contributed by atoms with van der Waals surface area (Å²) in [5.74, 6) is -0.942. The number of rotatable bonds is 4. The molecule has 0 saturated carbocycles. The van der Waals surface area contributed by atoms with Gasteiger partial charge in [-0.05, 0) is 31.0 Å². The van der Waals surface area contributed by atoms with E-state index in [-0.39, 0.29) is 10.9 Å². The standard InChI is InChI=1S/C12H15BrFNO4S2/c1-20(16,17)10-4-5-11(14)12(7-10)21(18,19)15-6-2-3-9(15)8-13/h4-5,7,9H,2-3,6,8H2,1H3. The van der Waals surface area contributed by atoms with Crippen molar-refractivity contribution in [2.45, 2.75) is 28.7 Å². The van der Waals surface area contributed by atoms with Gasteiger partial charge in [0.2, 0.25) is 10.0 Å². The highest BCUT2D eigenvalue weighted by Crippen LogP contribution is 2.29. The third kappa shape index (κ3) is 3.30. The van der Waals surface area contributed by atoms with Crippen molar-refractivity contribution in [1.29, 1.82) is 0 Å². The molecule has 0 bridgehead atoms. The van der Waals surface area contributed by atoms with E-state index in [2.05, 4.69) is 15.9 Å². The Morgan fingerprint density at radius 2 is 2.00 bits per heavy atom. The fourth-order valence-corrected chi connectivity index (χ4v) is 5.69. The fraction of sp³-hybridized carbons (Fsp3) is 0.500. The number of hydrogen-bond donors (Lipinski definition) is 0. The minimum atomic E-state index is -4.05. The summed E-state index contributed by atoms with van der Waals surface area (Å²) in [4.78, 5) is -0.796. The molecule has 1 atom stereocenters. The zero-order valence-electron chi connectivity index (χ0n) is 11.3. The number of halogens is 2. The average molecular weight is 400 g/mol. The normalized spacial score (nSPS) is 20.8. The van der Waals surface area contributed by atoms with E-state index in [1.165, 1.54) is 4.31 Å². The molecule has 1 aromatic rings. The molecule has 0 N–H and O–H groups in total. The summed E-state index contributed by atoms with van der Waals surface area (Å²) in [6, 6.07) is 2.60. The van der Waals surface area contributed by atoms with Gasteiger partial charge in [0.15, 0.2) is 9.84 Å². The Morgan fingerprint density at radius 1 is 1.33 bits per heavy atom. The Kier molecular flexibility index (Phi) is 4.77. The zero-order chi connectivity index (χ0) is 15.8. The van der Waals surface area contributed by atoms with Crippen LogP contribution in [0.5, 0.6) is 0 Å². The summed E-state index contributed by atoms with van der Waals surface area (Å²) >= 11 is 3.25. The predicted molar refractivity (Wildman–Crippen MR) is 80.2 cm³/mol. The first-order valence-corrected chi connectivity index (χ1v) is 10.7. The fourth-order valence-electron chi connectivity index (χ4n) is 2.32. The van der Waals surface area contributed by atoms with Gasteiger partial charge in [0.25, 0.3) is 0 Å². The number of nitrogens with zero attached hydrogens (tertiary/aromatic N) is 1. The van der Waals surface area contributed by atoms with E-state index in [0.717, 1.165) is 24.5 Å². The van der Waals surface area contributed by atoms with E-state index < -0.39 is 30.6 Å². The van der Waals surface area contributed by atoms with Crippen LogP contribution in [-0.4, -0.2) is 45.3 Å². The number of hydrogen-bond acceptors (Lipinski definition) is 4. The summed E-state index contributed by atoms with van der Waals surface area (Å²) in [6.45, 7) is 0.307. The minimum absolute atomic E-state index is 0.211. The van der Waals surface area contributed by atoms with Gasteiger partial charge in [-0.3, -0.25) is 0 Å². The molecule has 1 heterocycles. The van der Waals surface area contributed by atoms with Crippen molar-refractivity contribution >= 4 is 35.8 Å². The molecule has 5 nitrogen and oxygen atoms in total. The van der Waals surface area contributed by atoms with Crippen LogP contribution in [0.4, 0.5) is 4.39 Å². The Balaban J connectivity index is 2.54. The van der Waals surface area contributed by atoms with E-state index in [9.17, 15) is 21.2 Å². The molecule has 1 aliphatic heterocycles. The Labute approximate surface area is 132 Å². The first-order valence-electron chi connectivity index (χ1n) is 6.25. The monoisotopic (exact) mass is 399 g/mol. The average Bonchev–Trinajstić information content (AvgIpc) is 2.86. The third-order valence-corrected chi connectivity index (χ3v) is 7.24. The summed E-state index contributed by atoms with van der Waals surface area (Å²) in [7, 11) is -7.65. The molecule has 1 aliphatic rings. The van der Waals surface area contributed by atoms with Crippen LogP contribution in [0.25, 0.3) is 0 Å². The maximum atomic E-state index is 13.9. The predicted octanol–water partition coefficient (Wildman–Crippen LogP) is 1.78. The second-order valence-corrected chi connectivity index (χ2v) is 9.45. The second-order valence-electron chi connectivity index (χ2n) is 4.93. The molecular formula is C12H15BrFNO4S2. The van der Waals surface area contributed by atoms with Gasteiger partial charge in [-0.2, -0.15) is 4.31 Å². The van der Waals surface area contributed by atoms with E-state index in [4.69, 9.17) is 0 Å². The lowest BCUT2D eigenvalue weighted by Gasteiger charge is -2.22. The molecule has 21 heavy (non-hydrogen) atoms. The smallest absolute Gasteiger partial charge is 0.224 e. The number of benzene rings is 1. The van der Waals surface area contributed by atoms with Crippen LogP contribution in [0, 0.1) is 5.82 Å². The van der Waals surface area contributed by atoms with Gasteiger partial charge in [-0.1, -0.05) is 15.9 Å². The summed E-state index contributed by atoms with van der Waals surface area (Å²) in [5, 5.41) is 0.458. The molecule has 0 radical (unpaired) electrons. The first-order chi connectivity index (χ1) is 9.67. The van der Waals surface area contributed by atoms with Crippen LogP contribution in [0.15, 0.2) is 28.0 Å². The van der Waals surface area contributed by atoms with Gasteiger partial charge in [0.1, 0.15) is 10.7 Å². The van der Waals surface area contributed by atoms with Crippen molar-refractivity contribution in [2.75, 3.05) is 18.1 Å². The molecule has 0 spiro atoms. The van der Waals surface area contributed by atoms with Crippen molar-refractivity contribution in [1.82, 2.24) is 4.31 Å². The Bertz CT molecular complexity index is 749. The summed E-state index contributed by atoms with van der Waals surface area (Å²) in [5.41, 5.74) is 0. The third-order valence-electron chi connectivity index (χ3n) is 3.42. The highest BCUT2D eigenvalue weighted by molar-refractivity contribution is 9.09. The molecule has 1 unspecified atom stereocenters. The van der Waals surface area contributed by atoms with Crippen LogP contribution in [0.3, 0.4) is 0 Å². The minimum Gasteiger partial charge on any atom is -0.224 e. The van der Waals surface area contributed by atoms with Gasteiger partial charge in [-0.15, -0.1) is 0 Å². The van der Waals surface area contributed by atoms with Crippen LogP contribution in [0.1, 0.15) is 12.8 Å². The molecule has 2 rings (SSSR count). The molecule has 1 fully saturated rings. The largest absolute Gasteiger partial charge is 0.246 e. The van der Waals surface area contributed by atoms with Gasteiger partial charge in [0, 0.05) is 24.2 Å². The quantitative estimate of drug-likeness (QED) is 0.571. The molecule has 9 heteroatoms. The van der Waals surface area contributed by atoms with Crippen LogP contribution in [-0.2, 0) is 19.9 Å². The molecule has 1 saturated heterocycles. The van der Waals surface area contributed by atoms with Gasteiger partial charge < -0.3 is 0 Å². The van der Waals surface area contributed by atoms with Crippen molar-refractivity contribution in [3.05, 3.63) is 24.0 Å². The number of sulfone groups is 1. The lowest BCUT2D eigenvalue weighted by Crippen LogP contribution is -2.36. The van der Waals surface area contributed by atoms with Crippen molar-refractivity contribution < 1.29 is 21.2 Å². The molecule has 0 amide bonds. The van der Waals surface area contributed by atoms with Crippen molar-refractivity contribution in [2.24, 2.45) is 0 Å². The molecule has 1 aromatic carbocycles. The van der Waals surface area contributed by atoms with Gasteiger partial charge in [0.05, 0.1) is 4.90 Å². The Morgan fingerprint density at radius 3 is 2.57 bits per heavy atom. The van der Waals surface area contributed by atoms with Crippen LogP contribution < -0.4 is 0 Å². The maximum absolute atomic E-state index is 13.9. The van der Waals surface area contributed by atoms with Crippen molar-refractivity contribution in [3.63, 3.8) is 0 Å². The lowest BCUT2D eigenvalue weighted by atomic mass is 10.3. The van der Waals surface area contributed by atoms with Gasteiger partial charge in [-0.25, -0.2) is 21.2 Å². The lowest BCUT2D eigenvalue weighted by molar-refractivity contribution is 0.410. The molecule has 0 aliphatic carbocycles. The molecule has 0 aromatic heterocycles. The SMILES string of the molecule is CS(=O)(=O)c1ccc(F)c(S(=O)(=O)N2CCCC2CBr)c1.